The molecule has 9 rings (SSSR count). The highest BCUT2D eigenvalue weighted by Crippen LogP contribution is 2.40. The van der Waals surface area contributed by atoms with Crippen LogP contribution in [0.15, 0.2) is 73.1 Å². The molecule has 21 heteroatoms. The Labute approximate surface area is 418 Å². The van der Waals surface area contributed by atoms with Crippen LogP contribution < -0.4 is 31.3 Å². The summed E-state index contributed by atoms with van der Waals surface area (Å²) in [5, 5.41) is 13.5. The molecule has 2 bridgehead atoms. The highest BCUT2D eigenvalue weighted by Gasteiger charge is 2.42. The number of nitrogen functional groups attached to an aromatic ring is 1. The van der Waals surface area contributed by atoms with Gasteiger partial charge in [-0.15, -0.1) is 0 Å². The fourth-order valence-electron chi connectivity index (χ4n) is 10.2. The van der Waals surface area contributed by atoms with Crippen LogP contribution in [0.5, 0.6) is 5.75 Å². The summed E-state index contributed by atoms with van der Waals surface area (Å²) >= 11 is 0. The molecule has 0 spiro atoms. The van der Waals surface area contributed by atoms with E-state index in [1.54, 1.807) is 46.3 Å². The minimum atomic E-state index is -4.61. The normalized spacial score (nSPS) is 19.5. The highest BCUT2D eigenvalue weighted by molar-refractivity contribution is 6.08. The molecule has 5 aromatic rings. The molecule has 4 aliphatic rings. The number of fused-ring (bicyclic) bond motifs is 3. The van der Waals surface area contributed by atoms with Crippen LogP contribution in [0.3, 0.4) is 0 Å². The number of nitrogens with one attached hydrogen (secondary N) is 3. The number of urea groups is 1. The lowest BCUT2D eigenvalue weighted by molar-refractivity contribution is -0.138. The number of hydrogen-bond acceptors (Lipinski definition) is 11. The fourth-order valence-corrected chi connectivity index (χ4v) is 10.2. The number of alkyl halides is 3. The number of nitrogens with two attached hydrogens (primary N) is 1. The van der Waals surface area contributed by atoms with Gasteiger partial charge < -0.3 is 30.9 Å². The molecule has 2 aromatic carbocycles. The number of hydrogen-bond donors (Lipinski definition) is 4. The molecule has 73 heavy (non-hydrogen) atoms. The molecule has 5 N–H and O–H groups in total. The zero-order valence-corrected chi connectivity index (χ0v) is 40.3. The van der Waals surface area contributed by atoms with Crippen molar-refractivity contribution in [2.45, 2.75) is 88.9 Å². The van der Waals surface area contributed by atoms with Crippen molar-refractivity contribution in [3.63, 3.8) is 0 Å². The quantitative estimate of drug-likeness (QED) is 0.108. The Morgan fingerprint density at radius 1 is 0.945 bits per heavy atom. The summed E-state index contributed by atoms with van der Waals surface area (Å²) in [6, 6.07) is 11.1. The monoisotopic (exact) mass is 1000 g/mol. The molecule has 7 heterocycles. The van der Waals surface area contributed by atoms with E-state index in [0.717, 1.165) is 68.8 Å². The number of carbonyl (C=O) groups excluding carboxylic acids is 6. The summed E-state index contributed by atoms with van der Waals surface area (Å²) in [6.45, 7) is 1.88. The fraction of sp³-hybridized carbons (Fsp3) is 0.404. The second-order valence-corrected chi connectivity index (χ2v) is 18.8. The van der Waals surface area contributed by atoms with Crippen molar-refractivity contribution >= 4 is 69.9 Å². The number of imide groups is 1. The summed E-state index contributed by atoms with van der Waals surface area (Å²) in [5.41, 5.74) is 9.12. The van der Waals surface area contributed by atoms with Gasteiger partial charge in [0, 0.05) is 86.6 Å². The summed E-state index contributed by atoms with van der Waals surface area (Å²) in [5.74, 6) is -0.949. The van der Waals surface area contributed by atoms with Gasteiger partial charge in [0.05, 0.1) is 35.3 Å². The van der Waals surface area contributed by atoms with Gasteiger partial charge in [-0.25, -0.2) is 14.8 Å². The van der Waals surface area contributed by atoms with E-state index in [2.05, 4.69) is 32.0 Å². The minimum Gasteiger partial charge on any atom is -0.495 e. The van der Waals surface area contributed by atoms with E-state index in [9.17, 15) is 41.9 Å². The van der Waals surface area contributed by atoms with Gasteiger partial charge in [-0.2, -0.15) is 18.3 Å². The maximum absolute atomic E-state index is 14.3. The average molecular weight is 1000 g/mol. The van der Waals surface area contributed by atoms with E-state index in [4.69, 9.17) is 15.6 Å². The van der Waals surface area contributed by atoms with E-state index >= 15 is 0 Å². The van der Waals surface area contributed by atoms with Gasteiger partial charge in [0.1, 0.15) is 29.1 Å². The van der Waals surface area contributed by atoms with Gasteiger partial charge in [0.15, 0.2) is 0 Å². The number of methoxy groups -OCH3 is 1. The highest BCUT2D eigenvalue weighted by atomic mass is 19.4. The number of rotatable bonds is 10. The van der Waals surface area contributed by atoms with Crippen LogP contribution in [0, 0.1) is 5.92 Å². The number of halogens is 3. The van der Waals surface area contributed by atoms with Crippen molar-refractivity contribution in [2.75, 3.05) is 55.8 Å². The van der Waals surface area contributed by atoms with Gasteiger partial charge in [-0.3, -0.25) is 38.9 Å². The number of aromatic nitrogens is 4. The molecular formula is C52H56F3N11O7. The Morgan fingerprint density at radius 3 is 2.48 bits per heavy atom. The van der Waals surface area contributed by atoms with E-state index in [1.807, 2.05) is 10.8 Å². The van der Waals surface area contributed by atoms with Crippen molar-refractivity contribution in [1.29, 1.82) is 0 Å². The van der Waals surface area contributed by atoms with E-state index in [0.29, 0.717) is 65.2 Å². The third-order valence-corrected chi connectivity index (χ3v) is 14.1. The van der Waals surface area contributed by atoms with Gasteiger partial charge in [-0.1, -0.05) is 30.7 Å². The van der Waals surface area contributed by atoms with Crippen molar-refractivity contribution < 1.29 is 46.7 Å². The number of allylic oxidation sites excluding steroid dienone is 1. The number of anilines is 3. The average Bonchev–Trinajstić information content (AvgIpc) is 4.01. The zero-order chi connectivity index (χ0) is 51.4. The standard InChI is InChI=1S/C52H56F3N11O7/c1-73-40-16-15-34(26-38(40)64-25-20-42(67)61-51(64)72)50(71)63-23-18-31(19-24-63)8-7-10-43(68)65-30-37-28-39(65)49(70)58-21-6-4-2-3-5-9-35-29-59-47(56)44-45(62-66(37)46(35)44)32-11-13-33(14-12-32)48(69)60-41-27-36(17-22-57-41)52(53,54)55/h5,9,11-17,22,26-27,29,31,37,39H,2-4,6-8,10,18-21,23-25,28,30H2,1H3,(H2,56,59)(H,58,70)(H,57,60,69)(H,61,67,72)/b9-5+/t37-,39+/m0/s1. The number of benzene rings is 2. The number of amides is 7. The van der Waals surface area contributed by atoms with Crippen LogP contribution in [-0.4, -0.2) is 111 Å². The Balaban J connectivity index is 0.890. The third-order valence-electron chi connectivity index (χ3n) is 14.1. The van der Waals surface area contributed by atoms with Crippen LogP contribution in [0.1, 0.15) is 109 Å². The first-order valence-corrected chi connectivity index (χ1v) is 24.6. The number of nitrogens with zero attached hydrogens (tertiary/aromatic N) is 7. The minimum absolute atomic E-state index is 0.128. The number of ether oxygens (including phenoxy) is 1. The summed E-state index contributed by atoms with van der Waals surface area (Å²) in [7, 11) is 1.48. The van der Waals surface area contributed by atoms with E-state index in [1.165, 1.54) is 24.1 Å². The molecule has 0 unspecified atom stereocenters. The summed E-state index contributed by atoms with van der Waals surface area (Å²) in [6.07, 6.45) is 8.95. The number of pyridine rings is 2. The van der Waals surface area contributed by atoms with E-state index in [-0.39, 0.29) is 79.1 Å². The molecule has 18 nitrogen and oxygen atoms in total. The molecule has 2 atom stereocenters. The topological polar surface area (TPSA) is 227 Å². The molecule has 3 saturated heterocycles. The maximum Gasteiger partial charge on any atom is 0.416 e. The maximum atomic E-state index is 14.3. The molecule has 382 valence electrons. The van der Waals surface area contributed by atoms with Crippen LogP contribution >= 0.6 is 0 Å². The Morgan fingerprint density at radius 2 is 1.73 bits per heavy atom. The van der Waals surface area contributed by atoms with Crippen LogP contribution in [-0.2, 0) is 20.6 Å². The molecule has 7 amide bonds. The lowest BCUT2D eigenvalue weighted by Crippen LogP contribution is -2.49. The molecule has 3 aromatic heterocycles. The van der Waals surface area contributed by atoms with Gasteiger partial charge >= 0.3 is 12.2 Å². The zero-order valence-electron chi connectivity index (χ0n) is 40.3. The SMILES string of the molecule is COc1ccc(C(=O)N2CCC(CCCC(=O)N3C[C@@H]4C[C@@H]3C(=O)NCCCCC/C=C/c3cnc(N)c5c(-c6ccc(C(=O)Nc7cc(C(F)(F)F)ccn7)cc6)nn4c35)CC2)cc1N1CCC(=O)NC1=O. The first kappa shape index (κ1) is 50.1. The van der Waals surface area contributed by atoms with E-state index < -0.39 is 35.8 Å². The van der Waals surface area contributed by atoms with Gasteiger partial charge in [0.25, 0.3) is 11.8 Å². The molecule has 4 aliphatic heterocycles. The van der Waals surface area contributed by atoms with Gasteiger partial charge in [-0.05, 0) is 93.3 Å². The van der Waals surface area contributed by atoms with Crippen molar-refractivity contribution in [3.8, 4) is 17.0 Å². The smallest absolute Gasteiger partial charge is 0.416 e. The molecule has 3 fully saturated rings. The summed E-state index contributed by atoms with van der Waals surface area (Å²) in [4.78, 5) is 92.9. The van der Waals surface area contributed by atoms with Crippen molar-refractivity contribution in [2.24, 2.45) is 5.92 Å². The summed E-state index contributed by atoms with van der Waals surface area (Å²) < 4.78 is 47.3. The first-order chi connectivity index (χ1) is 35.2. The predicted molar refractivity (Wildman–Crippen MR) is 265 cm³/mol. The van der Waals surface area contributed by atoms with Crippen molar-refractivity contribution in [3.05, 3.63) is 95.3 Å². The largest absolute Gasteiger partial charge is 0.495 e. The lowest BCUT2D eigenvalue weighted by Gasteiger charge is -2.33. The number of likely N-dealkylation sites (tertiary alicyclic amines) is 2. The molecule has 0 radical (unpaired) electrons. The predicted octanol–water partition coefficient (Wildman–Crippen LogP) is 7.37. The van der Waals surface area contributed by atoms with Crippen LogP contribution in [0.25, 0.3) is 28.2 Å². The Hall–Kier alpha value is -7.84. The Bertz CT molecular complexity index is 2970. The number of piperidine rings is 1. The molecule has 0 aliphatic carbocycles. The third kappa shape index (κ3) is 11.0. The number of carbonyl (C=O) groups is 6. The van der Waals surface area contributed by atoms with Crippen LogP contribution in [0.4, 0.5) is 35.3 Å². The molecular weight excluding hydrogens is 948 g/mol. The van der Waals surface area contributed by atoms with Gasteiger partial charge in [0.2, 0.25) is 17.7 Å². The first-order valence-electron chi connectivity index (χ1n) is 24.6. The van der Waals surface area contributed by atoms with Crippen molar-refractivity contribution in [1.82, 2.24) is 40.2 Å². The lowest BCUT2D eigenvalue weighted by atomic mass is 9.91. The molecule has 0 saturated carbocycles. The second kappa shape index (κ2) is 21.5. The second-order valence-electron chi connectivity index (χ2n) is 18.8. The Kier molecular flexibility index (Phi) is 14.7. The van der Waals surface area contributed by atoms with Crippen LogP contribution in [0.2, 0.25) is 0 Å².